The topological polar surface area (TPSA) is 41.6 Å². The van der Waals surface area contributed by atoms with Crippen LogP contribution in [0.15, 0.2) is 48.5 Å². The number of nitrogens with one attached hydrogen (secondary N) is 1. The molecule has 2 aliphatic rings. The zero-order valence-electron chi connectivity index (χ0n) is 16.0. The summed E-state index contributed by atoms with van der Waals surface area (Å²) in [6.45, 7) is 2.27. The molecule has 0 bridgehead atoms. The predicted octanol–water partition coefficient (Wildman–Crippen LogP) is 4.82. The molecule has 0 aromatic heterocycles. The first-order chi connectivity index (χ1) is 13.2. The first kappa shape index (κ1) is 17.9. The van der Waals surface area contributed by atoms with Gasteiger partial charge in [0.05, 0.1) is 7.11 Å². The van der Waals surface area contributed by atoms with Crippen molar-refractivity contribution >= 4 is 17.3 Å². The molecule has 1 unspecified atom stereocenters. The Kier molecular flexibility index (Phi) is 5.33. The largest absolute Gasteiger partial charge is 0.497 e. The van der Waals surface area contributed by atoms with Gasteiger partial charge in [-0.3, -0.25) is 4.79 Å². The van der Waals surface area contributed by atoms with E-state index in [0.29, 0.717) is 18.3 Å². The van der Waals surface area contributed by atoms with Crippen molar-refractivity contribution in [2.75, 3.05) is 30.4 Å². The van der Waals surface area contributed by atoms with E-state index in [1.165, 1.54) is 36.9 Å². The SMILES string of the molecule is COc1ccc(C(CC(=O)Nc2ccc(N3CCCC3)cc2)C2CC2)cc1. The summed E-state index contributed by atoms with van der Waals surface area (Å²) in [5.41, 5.74) is 3.37. The zero-order chi connectivity index (χ0) is 18.6. The molecule has 0 radical (unpaired) electrons. The van der Waals surface area contributed by atoms with Gasteiger partial charge in [-0.1, -0.05) is 12.1 Å². The third-order valence-corrected chi connectivity index (χ3v) is 5.76. The van der Waals surface area contributed by atoms with Gasteiger partial charge in [0.15, 0.2) is 0 Å². The molecule has 0 spiro atoms. The molecular formula is C23H28N2O2. The van der Waals surface area contributed by atoms with Crippen molar-refractivity contribution in [3.8, 4) is 5.75 Å². The van der Waals surface area contributed by atoms with Gasteiger partial charge in [-0.2, -0.15) is 0 Å². The van der Waals surface area contributed by atoms with Crippen LogP contribution in [0.4, 0.5) is 11.4 Å². The standard InChI is InChI=1S/C23H28N2O2/c1-27-21-12-6-18(7-13-21)22(17-4-5-17)16-23(26)24-19-8-10-20(11-9-19)25-14-2-3-15-25/h6-13,17,22H,2-5,14-16H2,1H3,(H,24,26). The highest BCUT2D eigenvalue weighted by Crippen LogP contribution is 2.44. The van der Waals surface area contributed by atoms with Crippen LogP contribution in [0.3, 0.4) is 0 Å². The quantitative estimate of drug-likeness (QED) is 0.766. The van der Waals surface area contributed by atoms with Gasteiger partial charge >= 0.3 is 0 Å². The minimum atomic E-state index is 0.0941. The van der Waals surface area contributed by atoms with Crippen LogP contribution in [0.1, 0.15) is 43.6 Å². The number of nitrogens with zero attached hydrogens (tertiary/aromatic N) is 1. The van der Waals surface area contributed by atoms with Gasteiger partial charge in [-0.25, -0.2) is 0 Å². The van der Waals surface area contributed by atoms with E-state index in [9.17, 15) is 4.79 Å². The third kappa shape index (κ3) is 4.44. The molecule has 1 aliphatic carbocycles. The van der Waals surface area contributed by atoms with Crippen molar-refractivity contribution < 1.29 is 9.53 Å². The Morgan fingerprint density at radius 1 is 1.07 bits per heavy atom. The van der Waals surface area contributed by atoms with E-state index in [2.05, 4.69) is 34.5 Å². The zero-order valence-corrected chi connectivity index (χ0v) is 16.0. The second kappa shape index (κ2) is 8.03. The maximum atomic E-state index is 12.6. The van der Waals surface area contributed by atoms with Gasteiger partial charge < -0.3 is 15.0 Å². The number of hydrogen-bond acceptors (Lipinski definition) is 3. The molecule has 1 amide bonds. The first-order valence-electron chi connectivity index (χ1n) is 10.0. The minimum absolute atomic E-state index is 0.0941. The van der Waals surface area contributed by atoms with Crippen LogP contribution in [0.2, 0.25) is 0 Å². The Hall–Kier alpha value is -2.49. The average Bonchev–Trinajstić information content (AvgIpc) is 3.40. The molecule has 4 heteroatoms. The molecule has 2 aromatic carbocycles. The number of carbonyl (C=O) groups is 1. The van der Waals surface area contributed by atoms with Crippen molar-refractivity contribution in [3.05, 3.63) is 54.1 Å². The summed E-state index contributed by atoms with van der Waals surface area (Å²) in [6, 6.07) is 16.4. The summed E-state index contributed by atoms with van der Waals surface area (Å²) < 4.78 is 5.25. The van der Waals surface area contributed by atoms with E-state index in [-0.39, 0.29) is 5.91 Å². The highest BCUT2D eigenvalue weighted by Gasteiger charge is 2.33. The van der Waals surface area contributed by atoms with E-state index in [1.54, 1.807) is 7.11 Å². The molecule has 1 N–H and O–H groups in total. The van der Waals surface area contributed by atoms with Gasteiger partial charge in [0.1, 0.15) is 5.75 Å². The second-order valence-electron chi connectivity index (χ2n) is 7.71. The minimum Gasteiger partial charge on any atom is -0.497 e. The lowest BCUT2D eigenvalue weighted by Crippen LogP contribution is -2.18. The molecule has 2 fully saturated rings. The molecule has 1 heterocycles. The summed E-state index contributed by atoms with van der Waals surface area (Å²) in [6.07, 6.45) is 5.51. The highest BCUT2D eigenvalue weighted by atomic mass is 16.5. The predicted molar refractivity (Wildman–Crippen MR) is 110 cm³/mol. The smallest absolute Gasteiger partial charge is 0.224 e. The lowest BCUT2D eigenvalue weighted by molar-refractivity contribution is -0.116. The number of ether oxygens (including phenoxy) is 1. The summed E-state index contributed by atoms with van der Waals surface area (Å²) in [4.78, 5) is 15.0. The number of hydrogen-bond donors (Lipinski definition) is 1. The summed E-state index contributed by atoms with van der Waals surface area (Å²) in [5.74, 6) is 1.87. The van der Waals surface area contributed by atoms with Crippen LogP contribution >= 0.6 is 0 Å². The Morgan fingerprint density at radius 3 is 2.33 bits per heavy atom. The number of carbonyl (C=O) groups excluding carboxylic acids is 1. The van der Waals surface area contributed by atoms with Crippen molar-refractivity contribution in [2.45, 2.75) is 38.0 Å². The van der Waals surface area contributed by atoms with Crippen LogP contribution in [-0.2, 0) is 4.79 Å². The molecule has 4 rings (SSSR count). The molecule has 142 valence electrons. The number of amides is 1. The van der Waals surface area contributed by atoms with E-state index in [1.807, 2.05) is 24.3 Å². The maximum absolute atomic E-state index is 12.6. The Bertz CT molecular complexity index is 760. The summed E-state index contributed by atoms with van der Waals surface area (Å²) in [5, 5.41) is 3.08. The second-order valence-corrected chi connectivity index (χ2v) is 7.71. The van der Waals surface area contributed by atoms with E-state index in [4.69, 9.17) is 4.74 Å². The number of anilines is 2. The molecule has 1 aliphatic heterocycles. The van der Waals surface area contributed by atoms with Gasteiger partial charge in [0.2, 0.25) is 5.91 Å². The van der Waals surface area contributed by atoms with Crippen molar-refractivity contribution in [3.63, 3.8) is 0 Å². The molecule has 1 saturated heterocycles. The van der Waals surface area contributed by atoms with Crippen LogP contribution in [0, 0.1) is 5.92 Å². The van der Waals surface area contributed by atoms with Gasteiger partial charge in [0, 0.05) is 30.9 Å². The summed E-state index contributed by atoms with van der Waals surface area (Å²) in [7, 11) is 1.68. The van der Waals surface area contributed by atoms with Crippen molar-refractivity contribution in [1.29, 1.82) is 0 Å². The third-order valence-electron chi connectivity index (χ3n) is 5.76. The Labute approximate surface area is 161 Å². The van der Waals surface area contributed by atoms with Gasteiger partial charge in [-0.15, -0.1) is 0 Å². The lowest BCUT2D eigenvalue weighted by Gasteiger charge is -2.19. The van der Waals surface area contributed by atoms with Crippen molar-refractivity contribution in [1.82, 2.24) is 0 Å². The number of benzene rings is 2. The van der Waals surface area contributed by atoms with E-state index in [0.717, 1.165) is 24.5 Å². The Balaban J connectivity index is 1.38. The van der Waals surface area contributed by atoms with Crippen LogP contribution in [0.5, 0.6) is 5.75 Å². The van der Waals surface area contributed by atoms with Crippen LogP contribution in [0.25, 0.3) is 0 Å². The first-order valence-corrected chi connectivity index (χ1v) is 10.0. The molecule has 1 atom stereocenters. The van der Waals surface area contributed by atoms with Gasteiger partial charge in [0.25, 0.3) is 0 Å². The highest BCUT2D eigenvalue weighted by molar-refractivity contribution is 5.91. The molecular weight excluding hydrogens is 336 g/mol. The van der Waals surface area contributed by atoms with Crippen molar-refractivity contribution in [2.24, 2.45) is 5.92 Å². The number of rotatable bonds is 7. The molecule has 1 saturated carbocycles. The molecule has 27 heavy (non-hydrogen) atoms. The normalized spacial score (nSPS) is 17.6. The fraction of sp³-hybridized carbons (Fsp3) is 0.435. The molecule has 2 aromatic rings. The van der Waals surface area contributed by atoms with Crippen LogP contribution in [-0.4, -0.2) is 26.1 Å². The fourth-order valence-electron chi connectivity index (χ4n) is 4.05. The monoisotopic (exact) mass is 364 g/mol. The van der Waals surface area contributed by atoms with E-state index < -0.39 is 0 Å². The fourth-order valence-corrected chi connectivity index (χ4v) is 4.05. The molecule has 4 nitrogen and oxygen atoms in total. The lowest BCUT2D eigenvalue weighted by atomic mass is 9.90. The number of methoxy groups -OCH3 is 1. The Morgan fingerprint density at radius 2 is 1.74 bits per heavy atom. The van der Waals surface area contributed by atoms with E-state index >= 15 is 0 Å². The maximum Gasteiger partial charge on any atom is 0.224 e. The average molecular weight is 364 g/mol. The van der Waals surface area contributed by atoms with Crippen LogP contribution < -0.4 is 15.0 Å². The van der Waals surface area contributed by atoms with Gasteiger partial charge in [-0.05, 0) is 79.5 Å². The summed E-state index contributed by atoms with van der Waals surface area (Å²) >= 11 is 0.